The van der Waals surface area contributed by atoms with Crippen LogP contribution in [-0.2, 0) is 10.0 Å². The number of sulfonamides is 1. The van der Waals surface area contributed by atoms with E-state index in [0.29, 0.717) is 12.0 Å². The number of hydrogen-bond donors (Lipinski definition) is 3. The van der Waals surface area contributed by atoms with Gasteiger partial charge in [0, 0.05) is 12.6 Å². The number of nitrogens with one attached hydrogen (secondary N) is 2. The highest BCUT2D eigenvalue weighted by atomic mass is 127. The Balaban J connectivity index is 0.00000484. The second-order valence-electron chi connectivity index (χ2n) is 6.25. The predicted molar refractivity (Wildman–Crippen MR) is 108 cm³/mol. The normalized spacial score (nSPS) is 18.1. The number of hydrogen-bond acceptors (Lipinski definition) is 3. The molecule has 0 spiro atoms. The maximum atomic E-state index is 10.9. The van der Waals surface area contributed by atoms with Gasteiger partial charge in [0.25, 0.3) is 0 Å². The first-order valence-electron chi connectivity index (χ1n) is 8.46. The number of guanidine groups is 1. The molecule has 1 unspecified atom stereocenters. The molecule has 1 fully saturated rings. The molecule has 1 rings (SSSR count). The molecule has 4 N–H and O–H groups in total. The van der Waals surface area contributed by atoms with Crippen molar-refractivity contribution in [2.75, 3.05) is 18.8 Å². The first kappa shape index (κ1) is 22.9. The molecule has 1 aliphatic rings. The molecule has 0 saturated heterocycles. The number of halogens is 1. The monoisotopic (exact) mass is 460 g/mol. The highest BCUT2D eigenvalue weighted by Crippen LogP contribution is 2.27. The van der Waals surface area contributed by atoms with E-state index in [2.05, 4.69) is 22.5 Å². The second kappa shape index (κ2) is 12.3. The fourth-order valence-corrected chi connectivity index (χ4v) is 3.22. The minimum atomic E-state index is -3.45. The summed E-state index contributed by atoms with van der Waals surface area (Å²) in [5, 5.41) is 11.5. The standard InChI is InChI=1S/C15H32N4O2S.HI/c1-3-17-15(18-11-12-22(16,20)21)19-13(2)9-10-14-7-5-4-6-8-14;/h13-14H,3-12H2,1-2H3,(H2,16,20,21)(H2,17,18,19);1H. The van der Waals surface area contributed by atoms with Crippen molar-refractivity contribution in [3.8, 4) is 0 Å². The maximum Gasteiger partial charge on any atom is 0.210 e. The maximum absolute atomic E-state index is 10.9. The van der Waals surface area contributed by atoms with Crippen LogP contribution in [0.15, 0.2) is 4.99 Å². The Hall–Kier alpha value is -0.0900. The van der Waals surface area contributed by atoms with Crippen LogP contribution in [-0.4, -0.2) is 39.3 Å². The Morgan fingerprint density at radius 2 is 1.96 bits per heavy atom. The van der Waals surface area contributed by atoms with Crippen molar-refractivity contribution in [3.63, 3.8) is 0 Å². The van der Waals surface area contributed by atoms with Crippen LogP contribution >= 0.6 is 24.0 Å². The Morgan fingerprint density at radius 1 is 1.30 bits per heavy atom. The zero-order chi connectivity index (χ0) is 16.4. The molecule has 23 heavy (non-hydrogen) atoms. The molecule has 138 valence electrons. The molecule has 0 radical (unpaired) electrons. The highest BCUT2D eigenvalue weighted by Gasteiger charge is 2.15. The van der Waals surface area contributed by atoms with Gasteiger partial charge in [-0.2, -0.15) is 0 Å². The molecule has 1 atom stereocenters. The fourth-order valence-electron chi connectivity index (χ4n) is 2.87. The summed E-state index contributed by atoms with van der Waals surface area (Å²) in [4.78, 5) is 4.27. The van der Waals surface area contributed by atoms with Gasteiger partial charge >= 0.3 is 0 Å². The summed E-state index contributed by atoms with van der Waals surface area (Å²) in [5.74, 6) is 1.42. The molecule has 0 aromatic heterocycles. The minimum Gasteiger partial charge on any atom is -0.357 e. The first-order chi connectivity index (χ1) is 10.4. The molecule has 1 saturated carbocycles. The highest BCUT2D eigenvalue weighted by molar-refractivity contribution is 14.0. The third kappa shape index (κ3) is 12.0. The molecule has 6 nitrogen and oxygen atoms in total. The average molecular weight is 460 g/mol. The van der Waals surface area contributed by atoms with Crippen LogP contribution in [0.2, 0.25) is 0 Å². The summed E-state index contributed by atoms with van der Waals surface area (Å²) in [6.07, 6.45) is 9.26. The van der Waals surface area contributed by atoms with Gasteiger partial charge in [-0.15, -0.1) is 24.0 Å². The summed E-state index contributed by atoms with van der Waals surface area (Å²) < 4.78 is 21.9. The van der Waals surface area contributed by atoms with Crippen molar-refractivity contribution in [2.45, 2.75) is 64.8 Å². The van der Waals surface area contributed by atoms with E-state index in [0.717, 1.165) is 18.9 Å². The molecule has 1 aliphatic carbocycles. The lowest BCUT2D eigenvalue weighted by Crippen LogP contribution is -2.42. The zero-order valence-electron chi connectivity index (χ0n) is 14.4. The number of primary sulfonamides is 1. The Morgan fingerprint density at radius 3 is 2.52 bits per heavy atom. The van der Waals surface area contributed by atoms with E-state index < -0.39 is 10.0 Å². The summed E-state index contributed by atoms with van der Waals surface area (Å²) in [6.45, 7) is 5.07. The van der Waals surface area contributed by atoms with Crippen LogP contribution in [0.5, 0.6) is 0 Å². The Bertz CT molecular complexity index is 437. The zero-order valence-corrected chi connectivity index (χ0v) is 17.5. The number of nitrogens with two attached hydrogens (primary N) is 1. The van der Waals surface area contributed by atoms with Gasteiger partial charge in [-0.25, -0.2) is 13.6 Å². The molecular weight excluding hydrogens is 427 g/mol. The fraction of sp³-hybridized carbons (Fsp3) is 0.933. The molecule has 8 heteroatoms. The van der Waals surface area contributed by atoms with Gasteiger partial charge < -0.3 is 10.6 Å². The van der Waals surface area contributed by atoms with Crippen molar-refractivity contribution in [3.05, 3.63) is 0 Å². The topological polar surface area (TPSA) is 96.6 Å². The van der Waals surface area contributed by atoms with Crippen LogP contribution in [0, 0.1) is 5.92 Å². The van der Waals surface area contributed by atoms with Gasteiger partial charge in [-0.05, 0) is 32.6 Å². The second-order valence-corrected chi connectivity index (χ2v) is 7.99. The number of aliphatic imine (C=N–C) groups is 1. The van der Waals surface area contributed by atoms with Gasteiger partial charge in [0.1, 0.15) is 0 Å². The molecule has 0 bridgehead atoms. The van der Waals surface area contributed by atoms with E-state index >= 15 is 0 Å². The van der Waals surface area contributed by atoms with Gasteiger partial charge in [-0.3, -0.25) is 4.99 Å². The van der Waals surface area contributed by atoms with Gasteiger partial charge in [-0.1, -0.05) is 32.1 Å². The summed E-state index contributed by atoms with van der Waals surface area (Å²) >= 11 is 0. The van der Waals surface area contributed by atoms with Crippen LogP contribution in [0.1, 0.15) is 58.8 Å². The lowest BCUT2D eigenvalue weighted by atomic mass is 9.85. The van der Waals surface area contributed by atoms with Gasteiger partial charge in [0.2, 0.25) is 10.0 Å². The largest absolute Gasteiger partial charge is 0.357 e. The SMILES string of the molecule is CCNC(=NCCS(N)(=O)=O)NC(C)CCC1CCCCC1.I. The molecule has 0 aromatic rings. The Kier molecular flexibility index (Phi) is 12.2. The van der Waals surface area contributed by atoms with Gasteiger partial charge in [0.15, 0.2) is 5.96 Å². The lowest BCUT2D eigenvalue weighted by molar-refractivity contribution is 0.322. The van der Waals surface area contributed by atoms with Gasteiger partial charge in [0.05, 0.1) is 12.3 Å². The van der Waals surface area contributed by atoms with E-state index in [1.807, 2.05) is 6.92 Å². The van der Waals surface area contributed by atoms with Crippen molar-refractivity contribution in [1.29, 1.82) is 0 Å². The quantitative estimate of drug-likeness (QED) is 0.294. The Labute approximate surface area is 158 Å². The summed E-state index contributed by atoms with van der Waals surface area (Å²) in [5.41, 5.74) is 0. The number of rotatable bonds is 8. The molecule has 0 amide bonds. The van der Waals surface area contributed by atoms with Crippen LogP contribution in [0.3, 0.4) is 0 Å². The summed E-state index contributed by atoms with van der Waals surface area (Å²) in [6, 6.07) is 0.328. The lowest BCUT2D eigenvalue weighted by Gasteiger charge is -2.24. The van der Waals surface area contributed by atoms with Crippen molar-refractivity contribution < 1.29 is 8.42 Å². The van der Waals surface area contributed by atoms with Crippen molar-refractivity contribution >= 4 is 40.0 Å². The third-order valence-electron chi connectivity index (χ3n) is 4.11. The van der Waals surface area contributed by atoms with E-state index in [1.165, 1.54) is 38.5 Å². The molecular formula is C15H33IN4O2S. The van der Waals surface area contributed by atoms with Crippen LogP contribution in [0.4, 0.5) is 0 Å². The van der Waals surface area contributed by atoms with E-state index in [4.69, 9.17) is 5.14 Å². The van der Waals surface area contributed by atoms with Crippen LogP contribution in [0.25, 0.3) is 0 Å². The van der Waals surface area contributed by atoms with Crippen LogP contribution < -0.4 is 15.8 Å². The smallest absolute Gasteiger partial charge is 0.210 e. The third-order valence-corrected chi connectivity index (χ3v) is 4.86. The predicted octanol–water partition coefficient (Wildman–Crippen LogP) is 2.20. The van der Waals surface area contributed by atoms with E-state index in [-0.39, 0.29) is 36.3 Å². The first-order valence-corrected chi connectivity index (χ1v) is 10.2. The van der Waals surface area contributed by atoms with Crippen molar-refractivity contribution in [2.24, 2.45) is 16.0 Å². The number of nitrogens with zero attached hydrogens (tertiary/aromatic N) is 1. The van der Waals surface area contributed by atoms with E-state index in [9.17, 15) is 8.42 Å². The average Bonchev–Trinajstić information content (AvgIpc) is 2.45. The molecule has 0 aliphatic heterocycles. The van der Waals surface area contributed by atoms with E-state index in [1.54, 1.807) is 0 Å². The van der Waals surface area contributed by atoms with Crippen molar-refractivity contribution in [1.82, 2.24) is 10.6 Å². The molecule has 0 aromatic carbocycles. The summed E-state index contributed by atoms with van der Waals surface area (Å²) in [7, 11) is -3.45. The molecule has 0 heterocycles. The minimum absolute atomic E-state index is 0.